The first-order valence-corrected chi connectivity index (χ1v) is 22.0. The van der Waals surface area contributed by atoms with E-state index in [0.29, 0.717) is 0 Å². The molecule has 0 fully saturated rings. The molecule has 0 aliphatic heterocycles. The lowest BCUT2D eigenvalue weighted by atomic mass is 10.0. The normalized spacial score (nSPS) is 11.3. The van der Waals surface area contributed by atoms with Crippen LogP contribution in [0.4, 0.5) is 0 Å². The van der Waals surface area contributed by atoms with Crippen molar-refractivity contribution in [2.24, 2.45) is 7.05 Å². The molecule has 0 aliphatic carbocycles. The lowest BCUT2D eigenvalue weighted by Gasteiger charge is -2.23. The lowest BCUT2D eigenvalue weighted by molar-refractivity contribution is -0.672. The molecule has 1 aromatic carbocycles. The molecule has 0 saturated carbocycles. The van der Waals surface area contributed by atoms with Crippen LogP contribution in [0.2, 0.25) is 0 Å². The van der Waals surface area contributed by atoms with Gasteiger partial charge in [-0.25, -0.2) is 4.57 Å². The van der Waals surface area contributed by atoms with Gasteiger partial charge in [-0.15, -0.1) is 0 Å². The topological polar surface area (TPSA) is 16.4 Å². The van der Waals surface area contributed by atoms with E-state index in [1.54, 1.807) is 0 Å². The van der Waals surface area contributed by atoms with Gasteiger partial charge in [-0.05, 0) is 55.6 Å². The second-order valence-electron chi connectivity index (χ2n) is 15.7. The lowest BCUT2D eigenvalue weighted by Crippen LogP contribution is -3.00. The third kappa shape index (κ3) is 27.2. The Kier molecular flexibility index (Phi) is 32.5. The van der Waals surface area contributed by atoms with Gasteiger partial charge >= 0.3 is 0 Å². The van der Waals surface area contributed by atoms with Gasteiger partial charge in [0, 0.05) is 24.7 Å². The van der Waals surface area contributed by atoms with Crippen molar-refractivity contribution >= 4 is 0 Å². The molecular weight excluding hydrogens is 735 g/mol. The average molecular weight is 819 g/mol. The molecule has 0 bridgehead atoms. The SMILES string of the molecule is CCCCCCCCCCCCCCCCOc1ccc(CN(CCCCCCCCCCCCCCCC)Cc2ccc[n+](C)c2)c(C)c1.[I-]. The van der Waals surface area contributed by atoms with Crippen molar-refractivity contribution < 1.29 is 33.3 Å². The quantitative estimate of drug-likeness (QED) is 0.0391. The number of unbranched alkanes of at least 4 members (excludes halogenated alkanes) is 26. The van der Waals surface area contributed by atoms with Crippen LogP contribution in [0, 0.1) is 6.92 Å². The van der Waals surface area contributed by atoms with Crippen LogP contribution >= 0.6 is 0 Å². The molecule has 51 heavy (non-hydrogen) atoms. The van der Waals surface area contributed by atoms with E-state index >= 15 is 0 Å². The molecule has 1 heterocycles. The van der Waals surface area contributed by atoms with E-state index in [-0.39, 0.29) is 24.0 Å². The smallest absolute Gasteiger partial charge is 0.173 e. The zero-order valence-electron chi connectivity index (χ0n) is 34.3. The standard InChI is InChI=1S/C47H83N2O.HI/c1-5-7-9-11-13-15-17-19-21-23-25-27-29-31-38-49(42-45-34-33-37-48(4)41-45)43-46-35-36-47(40-44(46)3)50-39-32-30-28-26-24-22-20-18-16-14-12-10-8-6-2;/h33-37,40-41H,5-32,38-39,42-43H2,1-4H3;1H/q+1;/p-1. The Bertz CT molecular complexity index is 1040. The second kappa shape index (κ2) is 34.6. The summed E-state index contributed by atoms with van der Waals surface area (Å²) in [6, 6.07) is 11.2. The third-order valence-corrected chi connectivity index (χ3v) is 10.7. The first kappa shape index (κ1) is 47.9. The molecule has 0 unspecified atom stereocenters. The zero-order valence-corrected chi connectivity index (χ0v) is 36.5. The number of rotatable bonds is 35. The molecule has 294 valence electrons. The van der Waals surface area contributed by atoms with E-state index in [1.807, 2.05) is 0 Å². The summed E-state index contributed by atoms with van der Waals surface area (Å²) in [5.74, 6) is 1.04. The number of benzene rings is 1. The van der Waals surface area contributed by atoms with Crippen LogP contribution in [0.5, 0.6) is 5.75 Å². The number of halogens is 1. The third-order valence-electron chi connectivity index (χ3n) is 10.7. The molecule has 0 N–H and O–H groups in total. The molecule has 0 aliphatic rings. The fraction of sp³-hybridized carbons (Fsp3) is 0.766. The summed E-state index contributed by atoms with van der Waals surface area (Å²) in [5.41, 5.74) is 4.18. The summed E-state index contributed by atoms with van der Waals surface area (Å²) in [6.45, 7) is 10.9. The Morgan fingerprint density at radius 3 is 1.45 bits per heavy atom. The molecule has 2 rings (SSSR count). The van der Waals surface area contributed by atoms with Crippen molar-refractivity contribution in [3.63, 3.8) is 0 Å². The Morgan fingerprint density at radius 1 is 0.549 bits per heavy atom. The van der Waals surface area contributed by atoms with Gasteiger partial charge in [0.1, 0.15) is 12.8 Å². The summed E-state index contributed by atoms with van der Waals surface area (Å²) in [6.07, 6.45) is 43.7. The van der Waals surface area contributed by atoms with Crippen molar-refractivity contribution in [3.8, 4) is 5.75 Å². The van der Waals surface area contributed by atoms with E-state index in [9.17, 15) is 0 Å². The van der Waals surface area contributed by atoms with Gasteiger partial charge in [0.2, 0.25) is 0 Å². The highest BCUT2D eigenvalue weighted by Gasteiger charge is 2.12. The van der Waals surface area contributed by atoms with Crippen molar-refractivity contribution in [1.29, 1.82) is 0 Å². The Hall–Kier alpha value is -1.14. The number of ether oxygens (including phenoxy) is 1. The molecule has 2 aromatic rings. The van der Waals surface area contributed by atoms with Crippen molar-refractivity contribution in [1.82, 2.24) is 4.90 Å². The molecule has 0 spiro atoms. The molecule has 3 nitrogen and oxygen atoms in total. The molecule has 0 saturated heterocycles. The first-order chi connectivity index (χ1) is 24.6. The number of nitrogens with zero attached hydrogens (tertiary/aromatic N) is 2. The van der Waals surface area contributed by atoms with Crippen LogP contribution in [0.25, 0.3) is 0 Å². The summed E-state index contributed by atoms with van der Waals surface area (Å²) >= 11 is 0. The number of pyridine rings is 1. The minimum Gasteiger partial charge on any atom is -1.00 e. The van der Waals surface area contributed by atoms with E-state index in [1.165, 1.54) is 196 Å². The van der Waals surface area contributed by atoms with Gasteiger partial charge < -0.3 is 28.7 Å². The summed E-state index contributed by atoms with van der Waals surface area (Å²) in [4.78, 5) is 2.66. The highest BCUT2D eigenvalue weighted by Crippen LogP contribution is 2.21. The summed E-state index contributed by atoms with van der Waals surface area (Å²) in [5, 5.41) is 0. The monoisotopic (exact) mass is 819 g/mol. The van der Waals surface area contributed by atoms with E-state index < -0.39 is 0 Å². The Labute approximate surface area is 335 Å². The minimum atomic E-state index is 0. The van der Waals surface area contributed by atoms with Crippen LogP contribution < -0.4 is 33.3 Å². The molecule has 0 radical (unpaired) electrons. The molecule has 0 atom stereocenters. The van der Waals surface area contributed by atoms with Crippen LogP contribution in [0.15, 0.2) is 42.7 Å². The first-order valence-electron chi connectivity index (χ1n) is 22.0. The maximum absolute atomic E-state index is 6.20. The number of hydrogen-bond acceptors (Lipinski definition) is 2. The van der Waals surface area contributed by atoms with Gasteiger partial charge in [-0.3, -0.25) is 4.90 Å². The van der Waals surface area contributed by atoms with Gasteiger partial charge in [0.25, 0.3) is 0 Å². The molecular formula is C47H83IN2O. The average Bonchev–Trinajstić information content (AvgIpc) is 3.11. The predicted molar refractivity (Wildman–Crippen MR) is 219 cm³/mol. The summed E-state index contributed by atoms with van der Waals surface area (Å²) in [7, 11) is 2.13. The maximum Gasteiger partial charge on any atom is 0.173 e. The number of aromatic nitrogens is 1. The highest BCUT2D eigenvalue weighted by molar-refractivity contribution is 5.34. The van der Waals surface area contributed by atoms with E-state index in [0.717, 1.165) is 32.0 Å². The van der Waals surface area contributed by atoms with Crippen LogP contribution in [0.1, 0.15) is 210 Å². The number of hydrogen-bond donors (Lipinski definition) is 0. The van der Waals surface area contributed by atoms with Crippen LogP contribution in [0.3, 0.4) is 0 Å². The van der Waals surface area contributed by atoms with Crippen molar-refractivity contribution in [2.45, 2.75) is 214 Å². The Balaban J connectivity index is 0.0000130. The van der Waals surface area contributed by atoms with Crippen LogP contribution in [-0.2, 0) is 20.1 Å². The highest BCUT2D eigenvalue weighted by atomic mass is 127. The van der Waals surface area contributed by atoms with Crippen LogP contribution in [-0.4, -0.2) is 18.1 Å². The maximum atomic E-state index is 6.20. The summed E-state index contributed by atoms with van der Waals surface area (Å²) < 4.78 is 8.38. The minimum absolute atomic E-state index is 0. The van der Waals surface area contributed by atoms with Gasteiger partial charge in [0.15, 0.2) is 12.4 Å². The predicted octanol–water partition coefficient (Wildman–Crippen LogP) is 11.2. The molecule has 1 aromatic heterocycles. The van der Waals surface area contributed by atoms with Crippen molar-refractivity contribution in [2.75, 3.05) is 13.2 Å². The van der Waals surface area contributed by atoms with E-state index in [4.69, 9.17) is 4.74 Å². The van der Waals surface area contributed by atoms with Gasteiger partial charge in [-0.2, -0.15) is 0 Å². The Morgan fingerprint density at radius 2 is 1.00 bits per heavy atom. The second-order valence-corrected chi connectivity index (χ2v) is 15.7. The molecule has 4 heteroatoms. The molecule has 0 amide bonds. The van der Waals surface area contributed by atoms with Gasteiger partial charge in [0.05, 0.1) is 6.61 Å². The van der Waals surface area contributed by atoms with Crippen molar-refractivity contribution in [3.05, 3.63) is 59.4 Å². The van der Waals surface area contributed by atoms with Gasteiger partial charge in [-0.1, -0.05) is 187 Å². The van der Waals surface area contributed by atoms with E-state index in [2.05, 4.69) is 80.0 Å². The fourth-order valence-corrected chi connectivity index (χ4v) is 7.41. The fourth-order valence-electron chi connectivity index (χ4n) is 7.41. The zero-order chi connectivity index (χ0) is 35.7. The largest absolute Gasteiger partial charge is 1.00 e. The number of aryl methyl sites for hydroxylation is 2.